The van der Waals surface area contributed by atoms with Crippen molar-refractivity contribution >= 4 is 33.1 Å². The van der Waals surface area contributed by atoms with Crippen LogP contribution in [0.1, 0.15) is 34.9 Å². The third-order valence-electron chi connectivity index (χ3n) is 4.90. The summed E-state index contributed by atoms with van der Waals surface area (Å²) in [6.45, 7) is 2.24. The molecule has 0 spiro atoms. The lowest BCUT2D eigenvalue weighted by atomic mass is 9.88. The Balaban J connectivity index is 1.56. The molecule has 3 aromatic rings. The number of aromatic amines is 1. The number of benzene rings is 1. The number of hydrogen-bond acceptors (Lipinski definition) is 3. The van der Waals surface area contributed by atoms with Crippen LogP contribution in [0.2, 0.25) is 0 Å². The SMILES string of the molecule is CC1CCc2c(sc(NC(=O)Cc3c[nH]c4ccccc34)c2C#N)C1. The lowest BCUT2D eigenvalue weighted by Crippen LogP contribution is -2.14. The van der Waals surface area contributed by atoms with Crippen LogP contribution in [0.3, 0.4) is 0 Å². The highest BCUT2D eigenvalue weighted by Gasteiger charge is 2.24. The lowest BCUT2D eigenvalue weighted by molar-refractivity contribution is -0.115. The molecule has 4 nitrogen and oxygen atoms in total. The van der Waals surface area contributed by atoms with Crippen LogP contribution in [0.25, 0.3) is 10.9 Å². The van der Waals surface area contributed by atoms with Crippen LogP contribution in [-0.2, 0) is 24.1 Å². The highest BCUT2D eigenvalue weighted by molar-refractivity contribution is 7.16. The summed E-state index contributed by atoms with van der Waals surface area (Å²) in [4.78, 5) is 17.0. The first-order valence-electron chi connectivity index (χ1n) is 8.55. The maximum Gasteiger partial charge on any atom is 0.229 e. The van der Waals surface area contributed by atoms with E-state index in [1.165, 1.54) is 4.88 Å². The number of nitrogens with one attached hydrogen (secondary N) is 2. The van der Waals surface area contributed by atoms with E-state index in [2.05, 4.69) is 23.3 Å². The van der Waals surface area contributed by atoms with E-state index in [1.54, 1.807) is 11.3 Å². The minimum Gasteiger partial charge on any atom is -0.361 e. The number of hydrogen-bond donors (Lipinski definition) is 2. The molecule has 1 unspecified atom stereocenters. The van der Waals surface area contributed by atoms with Gasteiger partial charge in [0.25, 0.3) is 0 Å². The number of anilines is 1. The highest BCUT2D eigenvalue weighted by Crippen LogP contribution is 2.39. The van der Waals surface area contributed by atoms with Gasteiger partial charge >= 0.3 is 0 Å². The van der Waals surface area contributed by atoms with E-state index < -0.39 is 0 Å². The van der Waals surface area contributed by atoms with E-state index in [0.717, 1.165) is 41.3 Å². The number of aromatic nitrogens is 1. The maximum atomic E-state index is 12.5. The van der Waals surface area contributed by atoms with Gasteiger partial charge in [-0.1, -0.05) is 25.1 Å². The number of thiophene rings is 1. The van der Waals surface area contributed by atoms with Crippen LogP contribution >= 0.6 is 11.3 Å². The van der Waals surface area contributed by atoms with Gasteiger partial charge in [0, 0.05) is 22.0 Å². The van der Waals surface area contributed by atoms with Crippen LogP contribution in [0, 0.1) is 17.2 Å². The monoisotopic (exact) mass is 349 g/mol. The van der Waals surface area contributed by atoms with Crippen molar-refractivity contribution in [2.75, 3.05) is 5.32 Å². The van der Waals surface area contributed by atoms with Crippen molar-refractivity contribution in [2.24, 2.45) is 5.92 Å². The third kappa shape index (κ3) is 2.94. The van der Waals surface area contributed by atoms with E-state index in [4.69, 9.17) is 0 Å². The molecule has 126 valence electrons. The standard InChI is InChI=1S/C20H19N3OS/c1-12-6-7-15-16(10-21)20(25-18(15)8-12)23-19(24)9-13-11-22-17-5-3-2-4-14(13)17/h2-5,11-12,22H,6-9H2,1H3,(H,23,24). The Labute approximate surface area is 150 Å². The fourth-order valence-electron chi connectivity index (χ4n) is 3.58. The van der Waals surface area contributed by atoms with E-state index in [0.29, 0.717) is 22.9 Å². The molecule has 25 heavy (non-hydrogen) atoms. The minimum atomic E-state index is -0.0760. The normalized spacial score (nSPS) is 16.4. The molecule has 5 heteroatoms. The molecule has 1 aliphatic carbocycles. The summed E-state index contributed by atoms with van der Waals surface area (Å²) in [5, 5.41) is 14.3. The molecule has 0 fully saturated rings. The first-order valence-corrected chi connectivity index (χ1v) is 9.37. The molecule has 2 N–H and O–H groups in total. The number of carbonyl (C=O) groups is 1. The molecule has 0 saturated carbocycles. The van der Waals surface area contributed by atoms with Gasteiger partial charge in [0.05, 0.1) is 12.0 Å². The van der Waals surface area contributed by atoms with Gasteiger partial charge in [-0.15, -0.1) is 11.3 Å². The zero-order chi connectivity index (χ0) is 17.4. The minimum absolute atomic E-state index is 0.0760. The number of H-pyrrole nitrogens is 1. The zero-order valence-electron chi connectivity index (χ0n) is 14.1. The van der Waals surface area contributed by atoms with Gasteiger partial charge < -0.3 is 10.3 Å². The third-order valence-corrected chi connectivity index (χ3v) is 6.07. The van der Waals surface area contributed by atoms with Crippen LogP contribution in [0.4, 0.5) is 5.00 Å². The van der Waals surface area contributed by atoms with E-state index in [-0.39, 0.29) is 5.91 Å². The van der Waals surface area contributed by atoms with Crippen molar-refractivity contribution in [1.29, 1.82) is 5.26 Å². The molecule has 0 aliphatic heterocycles. The fourth-order valence-corrected chi connectivity index (χ4v) is 4.96. The molecule has 1 amide bonds. The van der Waals surface area contributed by atoms with Crippen molar-refractivity contribution in [3.05, 3.63) is 52.0 Å². The lowest BCUT2D eigenvalue weighted by Gasteiger charge is -2.17. The smallest absolute Gasteiger partial charge is 0.229 e. The number of rotatable bonds is 3. The van der Waals surface area contributed by atoms with Crippen LogP contribution < -0.4 is 5.32 Å². The van der Waals surface area contributed by atoms with Gasteiger partial charge in [0.2, 0.25) is 5.91 Å². The molecular weight excluding hydrogens is 330 g/mol. The number of amides is 1. The molecule has 4 rings (SSSR count). The summed E-state index contributed by atoms with van der Waals surface area (Å²) in [5.41, 5.74) is 3.82. The summed E-state index contributed by atoms with van der Waals surface area (Å²) in [5.74, 6) is 0.570. The largest absolute Gasteiger partial charge is 0.361 e. The second-order valence-electron chi connectivity index (χ2n) is 6.75. The van der Waals surface area contributed by atoms with Gasteiger partial charge in [-0.25, -0.2) is 0 Å². The summed E-state index contributed by atoms with van der Waals surface area (Å²) >= 11 is 1.57. The van der Waals surface area contributed by atoms with Gasteiger partial charge in [-0.05, 0) is 42.4 Å². The first-order chi connectivity index (χ1) is 12.2. The predicted molar refractivity (Wildman–Crippen MR) is 101 cm³/mol. The number of carbonyl (C=O) groups excluding carboxylic acids is 1. The topological polar surface area (TPSA) is 68.7 Å². The summed E-state index contributed by atoms with van der Waals surface area (Å²) < 4.78 is 0. The molecule has 1 atom stereocenters. The van der Waals surface area contributed by atoms with Gasteiger partial charge in [-0.3, -0.25) is 4.79 Å². The van der Waals surface area contributed by atoms with E-state index in [9.17, 15) is 10.1 Å². The highest BCUT2D eigenvalue weighted by atomic mass is 32.1. The van der Waals surface area contributed by atoms with Gasteiger partial charge in [0.15, 0.2) is 0 Å². The molecule has 0 bridgehead atoms. The quantitative estimate of drug-likeness (QED) is 0.735. The Morgan fingerprint density at radius 3 is 3.12 bits per heavy atom. The van der Waals surface area contributed by atoms with Crippen molar-refractivity contribution in [1.82, 2.24) is 4.98 Å². The molecule has 2 heterocycles. The number of nitriles is 1. The van der Waals surface area contributed by atoms with Gasteiger partial charge in [-0.2, -0.15) is 5.26 Å². The molecule has 1 aliphatic rings. The Morgan fingerprint density at radius 1 is 1.44 bits per heavy atom. The van der Waals surface area contributed by atoms with E-state index in [1.807, 2.05) is 30.5 Å². The van der Waals surface area contributed by atoms with Crippen LogP contribution in [0.15, 0.2) is 30.5 Å². The van der Waals surface area contributed by atoms with Crippen molar-refractivity contribution in [2.45, 2.75) is 32.6 Å². The van der Waals surface area contributed by atoms with Crippen LogP contribution in [-0.4, -0.2) is 10.9 Å². The molecule has 2 aromatic heterocycles. The Bertz CT molecular complexity index is 992. The Kier molecular flexibility index (Phi) is 4.06. The molecule has 0 saturated heterocycles. The van der Waals surface area contributed by atoms with Crippen molar-refractivity contribution in [3.63, 3.8) is 0 Å². The number of para-hydroxylation sites is 1. The van der Waals surface area contributed by atoms with Gasteiger partial charge in [0.1, 0.15) is 11.1 Å². The fraction of sp³-hybridized carbons (Fsp3) is 0.300. The Morgan fingerprint density at radius 2 is 2.28 bits per heavy atom. The van der Waals surface area contributed by atoms with E-state index >= 15 is 0 Å². The summed E-state index contributed by atoms with van der Waals surface area (Å²) in [6.07, 6.45) is 5.24. The summed E-state index contributed by atoms with van der Waals surface area (Å²) in [7, 11) is 0. The molecule has 1 aromatic carbocycles. The first kappa shape index (κ1) is 15.9. The summed E-state index contributed by atoms with van der Waals surface area (Å²) in [6, 6.07) is 10.3. The maximum absolute atomic E-state index is 12.5. The Hall–Kier alpha value is -2.58. The average molecular weight is 349 g/mol. The van der Waals surface area contributed by atoms with Crippen LogP contribution in [0.5, 0.6) is 0 Å². The zero-order valence-corrected chi connectivity index (χ0v) is 14.9. The average Bonchev–Trinajstić information content (AvgIpc) is 3.15. The molecule has 0 radical (unpaired) electrons. The molecular formula is C20H19N3OS. The second kappa shape index (κ2) is 6.38. The number of fused-ring (bicyclic) bond motifs is 2. The van der Waals surface area contributed by atoms with Crippen molar-refractivity contribution < 1.29 is 4.79 Å². The predicted octanol–water partition coefficient (Wildman–Crippen LogP) is 4.41. The second-order valence-corrected chi connectivity index (χ2v) is 7.86. The number of nitrogens with zero attached hydrogens (tertiary/aromatic N) is 1. The van der Waals surface area contributed by atoms with Crippen molar-refractivity contribution in [3.8, 4) is 6.07 Å².